The molecule has 6 nitrogen and oxygen atoms in total. The molecule has 0 spiro atoms. The molecule has 0 bridgehead atoms. The SMILES string of the molecule is C/C=C/CC(=O)N1CCC(n2cc(C(C)O)nn2)CC1. The Balaban J connectivity index is 1.88. The molecule has 2 heterocycles. The van der Waals surface area contributed by atoms with Crippen molar-refractivity contribution in [3.63, 3.8) is 0 Å². The maximum Gasteiger partial charge on any atom is 0.226 e. The van der Waals surface area contributed by atoms with E-state index < -0.39 is 6.10 Å². The van der Waals surface area contributed by atoms with Gasteiger partial charge in [0.05, 0.1) is 18.3 Å². The highest BCUT2D eigenvalue weighted by Gasteiger charge is 2.24. The lowest BCUT2D eigenvalue weighted by Gasteiger charge is -2.31. The number of carbonyl (C=O) groups is 1. The molecule has 20 heavy (non-hydrogen) atoms. The number of carbonyl (C=O) groups excluding carboxylic acids is 1. The molecule has 1 fully saturated rings. The number of amides is 1. The molecule has 1 aromatic rings. The van der Waals surface area contributed by atoms with Crippen LogP contribution in [0.2, 0.25) is 0 Å². The summed E-state index contributed by atoms with van der Waals surface area (Å²) in [6, 6.07) is 0.265. The number of likely N-dealkylation sites (tertiary alicyclic amines) is 1. The number of aliphatic hydroxyl groups excluding tert-OH is 1. The molecular formula is C14H22N4O2. The topological polar surface area (TPSA) is 71.2 Å². The van der Waals surface area contributed by atoms with Crippen molar-refractivity contribution in [3.05, 3.63) is 24.0 Å². The van der Waals surface area contributed by atoms with Gasteiger partial charge in [-0.2, -0.15) is 0 Å². The summed E-state index contributed by atoms with van der Waals surface area (Å²) in [6.45, 7) is 5.11. The van der Waals surface area contributed by atoms with Crippen molar-refractivity contribution in [3.8, 4) is 0 Å². The Bertz CT molecular complexity index is 473. The second-order valence-electron chi connectivity index (χ2n) is 5.18. The normalized spacial score (nSPS) is 18.6. The third-order valence-electron chi connectivity index (χ3n) is 3.68. The Kier molecular flexibility index (Phi) is 4.89. The van der Waals surface area contributed by atoms with E-state index in [-0.39, 0.29) is 11.9 Å². The summed E-state index contributed by atoms with van der Waals surface area (Å²) in [4.78, 5) is 13.8. The molecule has 1 saturated heterocycles. The van der Waals surface area contributed by atoms with Gasteiger partial charge in [-0.15, -0.1) is 5.10 Å². The third kappa shape index (κ3) is 3.45. The standard InChI is InChI=1S/C14H22N4O2/c1-3-4-5-14(20)17-8-6-12(7-9-17)18-10-13(11(2)19)15-16-18/h3-4,10-12,19H,5-9H2,1-2H3/b4-3+. The van der Waals surface area contributed by atoms with Crippen LogP contribution >= 0.6 is 0 Å². The van der Waals surface area contributed by atoms with Gasteiger partial charge in [-0.3, -0.25) is 4.79 Å². The smallest absolute Gasteiger partial charge is 0.226 e. The minimum absolute atomic E-state index is 0.185. The van der Waals surface area contributed by atoms with Crippen molar-refractivity contribution in [2.24, 2.45) is 0 Å². The van der Waals surface area contributed by atoms with Crippen LogP contribution in [0, 0.1) is 0 Å². The molecule has 1 N–H and O–H groups in total. The van der Waals surface area contributed by atoms with E-state index in [2.05, 4.69) is 10.3 Å². The Morgan fingerprint density at radius 3 is 2.80 bits per heavy atom. The monoisotopic (exact) mass is 278 g/mol. The van der Waals surface area contributed by atoms with Crippen LogP contribution in [-0.2, 0) is 4.79 Å². The summed E-state index contributed by atoms with van der Waals surface area (Å²) >= 11 is 0. The zero-order valence-corrected chi connectivity index (χ0v) is 12.1. The lowest BCUT2D eigenvalue weighted by molar-refractivity contribution is -0.131. The average Bonchev–Trinajstić information content (AvgIpc) is 2.95. The average molecular weight is 278 g/mol. The largest absolute Gasteiger partial charge is 0.387 e. The molecule has 1 unspecified atom stereocenters. The fraction of sp³-hybridized carbons (Fsp3) is 0.643. The van der Waals surface area contributed by atoms with E-state index in [0.717, 1.165) is 25.9 Å². The maximum absolute atomic E-state index is 11.9. The maximum atomic E-state index is 11.9. The van der Waals surface area contributed by atoms with Crippen LogP contribution < -0.4 is 0 Å². The summed E-state index contributed by atoms with van der Waals surface area (Å²) in [5.74, 6) is 0.185. The number of nitrogens with zero attached hydrogens (tertiary/aromatic N) is 4. The molecule has 2 rings (SSSR count). The molecule has 1 atom stereocenters. The first kappa shape index (κ1) is 14.7. The van der Waals surface area contributed by atoms with E-state index in [0.29, 0.717) is 12.1 Å². The highest BCUT2D eigenvalue weighted by atomic mass is 16.3. The molecule has 1 aromatic heterocycles. The second kappa shape index (κ2) is 6.65. The Morgan fingerprint density at radius 2 is 2.25 bits per heavy atom. The van der Waals surface area contributed by atoms with E-state index in [1.165, 1.54) is 0 Å². The second-order valence-corrected chi connectivity index (χ2v) is 5.18. The van der Waals surface area contributed by atoms with Gasteiger partial charge < -0.3 is 10.0 Å². The van der Waals surface area contributed by atoms with E-state index >= 15 is 0 Å². The molecule has 1 amide bonds. The predicted octanol–water partition coefficient (Wildman–Crippen LogP) is 1.46. The number of aromatic nitrogens is 3. The van der Waals surface area contributed by atoms with Gasteiger partial charge in [0.15, 0.2) is 0 Å². The highest BCUT2D eigenvalue weighted by molar-refractivity contribution is 5.77. The number of allylic oxidation sites excluding steroid dienone is 1. The van der Waals surface area contributed by atoms with Crippen molar-refractivity contribution < 1.29 is 9.90 Å². The zero-order valence-electron chi connectivity index (χ0n) is 12.1. The fourth-order valence-electron chi connectivity index (χ4n) is 2.39. The van der Waals surface area contributed by atoms with Crippen molar-refractivity contribution in [2.75, 3.05) is 13.1 Å². The van der Waals surface area contributed by atoms with Gasteiger partial charge in [0.25, 0.3) is 0 Å². The number of hydrogen-bond acceptors (Lipinski definition) is 4. The Morgan fingerprint density at radius 1 is 1.55 bits per heavy atom. The van der Waals surface area contributed by atoms with Crippen LogP contribution in [0.1, 0.15) is 50.9 Å². The zero-order chi connectivity index (χ0) is 14.5. The van der Waals surface area contributed by atoms with Crippen LogP contribution in [0.5, 0.6) is 0 Å². The first-order chi connectivity index (χ1) is 9.61. The quantitative estimate of drug-likeness (QED) is 0.846. The predicted molar refractivity (Wildman–Crippen MR) is 74.9 cm³/mol. The number of aliphatic hydroxyl groups is 1. The molecule has 1 aliphatic heterocycles. The first-order valence-corrected chi connectivity index (χ1v) is 7.10. The lowest BCUT2D eigenvalue weighted by Crippen LogP contribution is -2.38. The van der Waals surface area contributed by atoms with E-state index in [9.17, 15) is 9.90 Å². The number of hydrogen-bond donors (Lipinski definition) is 1. The summed E-state index contributed by atoms with van der Waals surface area (Å²) in [5, 5.41) is 17.5. The first-order valence-electron chi connectivity index (χ1n) is 7.10. The van der Waals surface area contributed by atoms with E-state index in [1.54, 1.807) is 13.1 Å². The summed E-state index contributed by atoms with van der Waals surface area (Å²) < 4.78 is 1.82. The van der Waals surface area contributed by atoms with Gasteiger partial charge in [0.2, 0.25) is 5.91 Å². The van der Waals surface area contributed by atoms with Crippen LogP contribution in [-0.4, -0.2) is 44.0 Å². The van der Waals surface area contributed by atoms with Gasteiger partial charge >= 0.3 is 0 Å². The van der Waals surface area contributed by atoms with Crippen molar-refractivity contribution in [1.29, 1.82) is 0 Å². The van der Waals surface area contributed by atoms with Gasteiger partial charge in [0, 0.05) is 19.5 Å². The Labute approximate surface area is 119 Å². The molecule has 6 heteroatoms. The molecule has 0 aliphatic carbocycles. The van der Waals surface area contributed by atoms with Crippen LogP contribution in [0.25, 0.3) is 0 Å². The molecule has 1 aliphatic rings. The summed E-state index contributed by atoms with van der Waals surface area (Å²) in [5.41, 5.74) is 0.594. The third-order valence-corrected chi connectivity index (χ3v) is 3.68. The van der Waals surface area contributed by atoms with E-state index in [1.807, 2.05) is 28.7 Å². The van der Waals surface area contributed by atoms with Crippen molar-refractivity contribution in [2.45, 2.75) is 45.3 Å². The van der Waals surface area contributed by atoms with Gasteiger partial charge in [-0.1, -0.05) is 17.4 Å². The summed E-state index contributed by atoms with van der Waals surface area (Å²) in [6.07, 6.45) is 7.24. The van der Waals surface area contributed by atoms with Gasteiger partial charge in [-0.25, -0.2) is 4.68 Å². The molecule has 0 aromatic carbocycles. The van der Waals surface area contributed by atoms with Gasteiger partial charge in [-0.05, 0) is 26.7 Å². The van der Waals surface area contributed by atoms with Crippen LogP contribution in [0.3, 0.4) is 0 Å². The summed E-state index contributed by atoms with van der Waals surface area (Å²) in [7, 11) is 0. The molecule has 110 valence electrons. The molecule has 0 radical (unpaired) electrons. The Hall–Kier alpha value is -1.69. The minimum Gasteiger partial charge on any atom is -0.387 e. The van der Waals surface area contributed by atoms with Crippen LogP contribution in [0.4, 0.5) is 0 Å². The minimum atomic E-state index is -0.591. The van der Waals surface area contributed by atoms with Gasteiger partial charge in [0.1, 0.15) is 5.69 Å². The van der Waals surface area contributed by atoms with E-state index in [4.69, 9.17) is 0 Å². The number of piperidine rings is 1. The highest BCUT2D eigenvalue weighted by Crippen LogP contribution is 2.23. The van der Waals surface area contributed by atoms with Crippen molar-refractivity contribution >= 4 is 5.91 Å². The molecular weight excluding hydrogens is 256 g/mol. The molecule has 0 saturated carbocycles. The number of rotatable bonds is 4. The lowest BCUT2D eigenvalue weighted by atomic mass is 10.0. The fourth-order valence-corrected chi connectivity index (χ4v) is 2.39. The van der Waals surface area contributed by atoms with Crippen LogP contribution in [0.15, 0.2) is 18.3 Å². The van der Waals surface area contributed by atoms with Crippen molar-refractivity contribution in [1.82, 2.24) is 19.9 Å².